The summed E-state index contributed by atoms with van der Waals surface area (Å²) in [5.41, 5.74) is 7.30. The third kappa shape index (κ3) is 2.56. The minimum atomic E-state index is -3.36. The molecular weight excluding hydrogens is 268 g/mol. The summed E-state index contributed by atoms with van der Waals surface area (Å²) in [7, 11) is -3.36. The van der Waals surface area contributed by atoms with Crippen molar-refractivity contribution in [1.29, 1.82) is 0 Å². The minimum absolute atomic E-state index is 0.366. The van der Waals surface area contributed by atoms with E-state index in [4.69, 9.17) is 5.73 Å². The first-order chi connectivity index (χ1) is 8.57. The monoisotopic (exact) mass is 286 g/mol. The molecule has 1 aliphatic rings. The van der Waals surface area contributed by atoms with Crippen molar-refractivity contribution < 1.29 is 8.42 Å². The molecule has 1 aromatic rings. The minimum Gasteiger partial charge on any atom is -0.326 e. The van der Waals surface area contributed by atoms with E-state index in [0.717, 1.165) is 22.6 Å². The molecule has 0 aliphatic carbocycles. The van der Waals surface area contributed by atoms with Crippen molar-refractivity contribution in [1.82, 2.24) is 4.31 Å². The van der Waals surface area contributed by atoms with Gasteiger partial charge in [-0.05, 0) is 24.1 Å². The maximum Gasteiger partial charge on any atom is 0.243 e. The van der Waals surface area contributed by atoms with Crippen molar-refractivity contribution in [3.63, 3.8) is 0 Å². The van der Waals surface area contributed by atoms with Gasteiger partial charge in [0.05, 0.1) is 4.90 Å². The second-order valence-electron chi connectivity index (χ2n) is 4.26. The van der Waals surface area contributed by atoms with Gasteiger partial charge in [-0.3, -0.25) is 0 Å². The highest BCUT2D eigenvalue weighted by atomic mass is 32.2. The third-order valence-electron chi connectivity index (χ3n) is 3.20. The van der Waals surface area contributed by atoms with Crippen molar-refractivity contribution in [3.05, 3.63) is 29.3 Å². The number of rotatable bonds is 3. The molecule has 6 heteroatoms. The molecule has 1 saturated heterocycles. The molecule has 18 heavy (non-hydrogen) atoms. The van der Waals surface area contributed by atoms with Gasteiger partial charge in [-0.15, -0.1) is 0 Å². The Bertz CT molecular complexity index is 523. The zero-order valence-electron chi connectivity index (χ0n) is 10.4. The first-order valence-electron chi connectivity index (χ1n) is 5.94. The fourth-order valence-corrected chi connectivity index (χ4v) is 4.93. The molecule has 0 aromatic heterocycles. The van der Waals surface area contributed by atoms with E-state index < -0.39 is 10.0 Å². The Balaban J connectivity index is 2.40. The van der Waals surface area contributed by atoms with Crippen LogP contribution in [-0.2, 0) is 16.6 Å². The van der Waals surface area contributed by atoms with Gasteiger partial charge in [0.2, 0.25) is 10.0 Å². The second kappa shape index (κ2) is 5.61. The Morgan fingerprint density at radius 1 is 1.33 bits per heavy atom. The van der Waals surface area contributed by atoms with Gasteiger partial charge in [-0.25, -0.2) is 8.42 Å². The fraction of sp³-hybridized carbons (Fsp3) is 0.500. The molecule has 0 saturated carbocycles. The van der Waals surface area contributed by atoms with Crippen LogP contribution in [0.4, 0.5) is 0 Å². The highest BCUT2D eigenvalue weighted by Gasteiger charge is 2.27. The van der Waals surface area contributed by atoms with Crippen LogP contribution in [0, 0.1) is 6.92 Å². The number of hydrogen-bond donors (Lipinski definition) is 1. The number of nitrogens with two attached hydrogens (primary N) is 1. The number of benzene rings is 1. The summed E-state index contributed by atoms with van der Waals surface area (Å²) in [6.45, 7) is 3.39. The number of hydrogen-bond acceptors (Lipinski definition) is 4. The number of sulfonamides is 1. The van der Waals surface area contributed by atoms with E-state index in [1.807, 2.05) is 13.0 Å². The number of nitrogens with zero attached hydrogens (tertiary/aromatic N) is 1. The van der Waals surface area contributed by atoms with E-state index >= 15 is 0 Å². The maximum absolute atomic E-state index is 12.6. The average molecular weight is 286 g/mol. The van der Waals surface area contributed by atoms with Gasteiger partial charge in [-0.1, -0.05) is 12.1 Å². The Labute approximate surface area is 113 Å². The van der Waals surface area contributed by atoms with E-state index in [1.54, 1.807) is 28.2 Å². The smallest absolute Gasteiger partial charge is 0.243 e. The molecule has 1 heterocycles. The van der Waals surface area contributed by atoms with Crippen LogP contribution < -0.4 is 5.73 Å². The zero-order valence-corrected chi connectivity index (χ0v) is 12.1. The summed E-state index contributed by atoms with van der Waals surface area (Å²) < 4.78 is 26.7. The predicted molar refractivity (Wildman–Crippen MR) is 75.2 cm³/mol. The second-order valence-corrected chi connectivity index (χ2v) is 7.39. The Kier molecular flexibility index (Phi) is 4.32. The van der Waals surface area contributed by atoms with E-state index in [9.17, 15) is 8.42 Å². The van der Waals surface area contributed by atoms with Gasteiger partial charge >= 0.3 is 0 Å². The van der Waals surface area contributed by atoms with Gasteiger partial charge in [0, 0.05) is 31.1 Å². The van der Waals surface area contributed by atoms with Crippen molar-refractivity contribution >= 4 is 21.8 Å². The molecule has 0 amide bonds. The molecule has 0 unspecified atom stereocenters. The summed E-state index contributed by atoms with van der Waals surface area (Å²) in [6, 6.07) is 5.31. The summed E-state index contributed by atoms with van der Waals surface area (Å²) in [6.07, 6.45) is 0. The lowest BCUT2D eigenvalue weighted by atomic mass is 10.1. The zero-order chi connectivity index (χ0) is 13.2. The van der Waals surface area contributed by atoms with Crippen molar-refractivity contribution in [2.75, 3.05) is 24.6 Å². The van der Waals surface area contributed by atoms with Crippen LogP contribution in [0.15, 0.2) is 23.1 Å². The molecule has 0 bridgehead atoms. The lowest BCUT2D eigenvalue weighted by Crippen LogP contribution is -2.38. The molecule has 0 radical (unpaired) electrons. The van der Waals surface area contributed by atoms with Gasteiger partial charge < -0.3 is 5.73 Å². The molecular formula is C12H18N2O2S2. The number of thioether (sulfide) groups is 1. The van der Waals surface area contributed by atoms with E-state index in [1.165, 1.54) is 0 Å². The fourth-order valence-electron chi connectivity index (χ4n) is 2.09. The summed E-state index contributed by atoms with van der Waals surface area (Å²) in [4.78, 5) is 0.400. The largest absolute Gasteiger partial charge is 0.326 e. The molecule has 0 spiro atoms. The molecule has 2 rings (SSSR count). The SMILES string of the molecule is Cc1c(CN)cccc1S(=O)(=O)N1CCSCC1. The molecule has 1 aliphatic heterocycles. The van der Waals surface area contributed by atoms with Crippen LogP contribution in [0.1, 0.15) is 11.1 Å². The van der Waals surface area contributed by atoms with Crippen LogP contribution in [-0.4, -0.2) is 37.3 Å². The summed E-state index contributed by atoms with van der Waals surface area (Å²) in [5.74, 6) is 1.74. The quantitative estimate of drug-likeness (QED) is 0.906. The lowest BCUT2D eigenvalue weighted by molar-refractivity contribution is 0.443. The Morgan fingerprint density at radius 2 is 2.00 bits per heavy atom. The normalized spacial score (nSPS) is 17.9. The van der Waals surface area contributed by atoms with Crippen molar-refractivity contribution in [3.8, 4) is 0 Å². The topological polar surface area (TPSA) is 63.4 Å². The molecule has 1 aromatic carbocycles. The lowest BCUT2D eigenvalue weighted by Gasteiger charge is -2.26. The first kappa shape index (κ1) is 13.9. The van der Waals surface area contributed by atoms with Crippen LogP contribution in [0.25, 0.3) is 0 Å². The van der Waals surface area contributed by atoms with Crippen molar-refractivity contribution in [2.24, 2.45) is 5.73 Å². The van der Waals surface area contributed by atoms with Crippen LogP contribution in [0.3, 0.4) is 0 Å². The Morgan fingerprint density at radius 3 is 2.61 bits per heavy atom. The van der Waals surface area contributed by atoms with Gasteiger partial charge in [0.1, 0.15) is 0 Å². The van der Waals surface area contributed by atoms with E-state index in [2.05, 4.69) is 0 Å². The molecule has 4 nitrogen and oxygen atoms in total. The Hall–Kier alpha value is -0.560. The molecule has 100 valence electrons. The third-order valence-corrected chi connectivity index (χ3v) is 6.19. The standard InChI is InChI=1S/C12H18N2O2S2/c1-10-11(9-13)3-2-4-12(10)18(15,16)14-5-7-17-8-6-14/h2-4H,5-9,13H2,1H3. The van der Waals surface area contributed by atoms with Gasteiger partial charge in [0.15, 0.2) is 0 Å². The van der Waals surface area contributed by atoms with Crippen LogP contribution in [0.2, 0.25) is 0 Å². The molecule has 2 N–H and O–H groups in total. The summed E-state index contributed by atoms with van der Waals surface area (Å²) in [5, 5.41) is 0. The summed E-state index contributed by atoms with van der Waals surface area (Å²) >= 11 is 1.80. The molecule has 0 atom stereocenters. The van der Waals surface area contributed by atoms with Crippen molar-refractivity contribution in [2.45, 2.75) is 18.4 Å². The van der Waals surface area contributed by atoms with Gasteiger partial charge in [-0.2, -0.15) is 16.1 Å². The predicted octanol–water partition coefficient (Wildman–Crippen LogP) is 1.19. The molecule has 1 fully saturated rings. The van der Waals surface area contributed by atoms with Crippen LogP contribution >= 0.6 is 11.8 Å². The highest BCUT2D eigenvalue weighted by molar-refractivity contribution is 7.99. The van der Waals surface area contributed by atoms with Crippen LogP contribution in [0.5, 0.6) is 0 Å². The maximum atomic E-state index is 12.6. The van der Waals surface area contributed by atoms with E-state index in [0.29, 0.717) is 24.5 Å². The highest BCUT2D eigenvalue weighted by Crippen LogP contribution is 2.24. The van der Waals surface area contributed by atoms with Gasteiger partial charge in [0.25, 0.3) is 0 Å². The van der Waals surface area contributed by atoms with E-state index in [-0.39, 0.29) is 0 Å². The average Bonchev–Trinajstić information content (AvgIpc) is 2.40. The first-order valence-corrected chi connectivity index (χ1v) is 8.53.